The molecule has 0 radical (unpaired) electrons. The molecule has 0 bridgehead atoms. The van der Waals surface area contributed by atoms with Crippen LogP contribution in [0.4, 0.5) is 4.39 Å². The zero-order chi connectivity index (χ0) is 11.4. The molecule has 2 aromatic rings. The molecule has 1 aromatic heterocycles. The van der Waals surface area contributed by atoms with Gasteiger partial charge in [0.1, 0.15) is 11.6 Å². The largest absolute Gasteiger partial charge is 0.349 e. The fourth-order valence-electron chi connectivity index (χ4n) is 1.57. The third-order valence-electron chi connectivity index (χ3n) is 2.34. The number of rotatable bonds is 4. The summed E-state index contributed by atoms with van der Waals surface area (Å²) in [4.78, 5) is 7.54. The van der Waals surface area contributed by atoms with Gasteiger partial charge in [0, 0.05) is 23.6 Å². The fraction of sp³-hybridized carbons (Fsp3) is 0.250. The zero-order valence-electron chi connectivity index (χ0n) is 8.66. The van der Waals surface area contributed by atoms with Crippen molar-refractivity contribution in [2.24, 2.45) is 0 Å². The maximum atomic E-state index is 12.7. The van der Waals surface area contributed by atoms with Gasteiger partial charge in [0.05, 0.1) is 0 Å². The highest BCUT2D eigenvalue weighted by Crippen LogP contribution is 2.14. The van der Waals surface area contributed by atoms with Gasteiger partial charge >= 0.3 is 0 Å². The first kappa shape index (κ1) is 11.3. The van der Waals surface area contributed by atoms with Gasteiger partial charge in [-0.15, -0.1) is 0 Å². The number of nitrogens with zero attached hydrogens (tertiary/aromatic N) is 1. The summed E-state index contributed by atoms with van der Waals surface area (Å²) in [5.41, 5.74) is 1.12. The number of aromatic nitrogens is 2. The Bertz CT molecular complexity index is 425. The van der Waals surface area contributed by atoms with Crippen LogP contribution in [0.5, 0.6) is 0 Å². The van der Waals surface area contributed by atoms with E-state index in [0.29, 0.717) is 4.83 Å². The lowest BCUT2D eigenvalue weighted by molar-refractivity contribution is 0.626. The lowest BCUT2D eigenvalue weighted by atomic mass is 10.1. The number of hydrogen-bond donors (Lipinski definition) is 1. The molecule has 16 heavy (non-hydrogen) atoms. The lowest BCUT2D eigenvalue weighted by Crippen LogP contribution is -2.07. The van der Waals surface area contributed by atoms with Crippen LogP contribution in [-0.4, -0.2) is 14.8 Å². The highest BCUT2D eigenvalue weighted by Gasteiger charge is 2.08. The van der Waals surface area contributed by atoms with E-state index in [1.165, 1.54) is 12.1 Å². The maximum Gasteiger partial charge on any atom is 0.123 e. The quantitative estimate of drug-likeness (QED) is 0.858. The van der Waals surface area contributed by atoms with E-state index in [1.807, 2.05) is 18.3 Å². The summed E-state index contributed by atoms with van der Waals surface area (Å²) < 4.78 is 12.7. The second-order valence-corrected chi connectivity index (χ2v) is 4.96. The number of alkyl halides is 1. The topological polar surface area (TPSA) is 28.7 Å². The SMILES string of the molecule is Fc1ccc(CC(Br)Cc2ncc[nH]2)cc1. The van der Waals surface area contributed by atoms with Crippen LogP contribution in [-0.2, 0) is 12.8 Å². The standard InChI is InChI=1S/C12H12BrFN2/c13-10(8-12-15-5-6-16-12)7-9-1-3-11(14)4-2-9/h1-6,10H,7-8H2,(H,15,16). The van der Waals surface area contributed by atoms with Crippen LogP contribution in [0.15, 0.2) is 36.7 Å². The number of aromatic amines is 1. The molecule has 0 saturated carbocycles. The van der Waals surface area contributed by atoms with Crippen molar-refractivity contribution in [2.75, 3.05) is 0 Å². The third-order valence-corrected chi connectivity index (χ3v) is 2.99. The van der Waals surface area contributed by atoms with Crippen molar-refractivity contribution in [1.82, 2.24) is 9.97 Å². The number of H-pyrrole nitrogens is 1. The fourth-order valence-corrected chi connectivity index (χ4v) is 2.25. The first-order chi connectivity index (χ1) is 7.74. The van der Waals surface area contributed by atoms with Gasteiger partial charge < -0.3 is 4.98 Å². The number of halogens is 2. The normalized spacial score (nSPS) is 12.6. The average Bonchev–Trinajstić information content (AvgIpc) is 2.74. The van der Waals surface area contributed by atoms with Crippen LogP contribution < -0.4 is 0 Å². The molecule has 0 aliphatic carbocycles. The summed E-state index contributed by atoms with van der Waals surface area (Å²) in [6.07, 6.45) is 5.26. The van der Waals surface area contributed by atoms with Crippen LogP contribution in [0, 0.1) is 5.82 Å². The molecule has 1 atom stereocenters. The number of imidazole rings is 1. The summed E-state index contributed by atoms with van der Waals surface area (Å²) in [6, 6.07) is 6.60. The number of benzene rings is 1. The smallest absolute Gasteiger partial charge is 0.123 e. The van der Waals surface area contributed by atoms with Gasteiger partial charge in [-0.05, 0) is 24.1 Å². The Hall–Kier alpha value is -1.16. The van der Waals surface area contributed by atoms with E-state index in [1.54, 1.807) is 6.20 Å². The minimum absolute atomic E-state index is 0.194. The van der Waals surface area contributed by atoms with E-state index in [4.69, 9.17) is 0 Å². The molecule has 1 aromatic carbocycles. The van der Waals surface area contributed by atoms with Crippen molar-refractivity contribution in [3.63, 3.8) is 0 Å². The molecule has 0 aliphatic heterocycles. The summed E-state index contributed by atoms with van der Waals surface area (Å²) in [6.45, 7) is 0. The van der Waals surface area contributed by atoms with Crippen molar-refractivity contribution < 1.29 is 4.39 Å². The van der Waals surface area contributed by atoms with E-state index in [-0.39, 0.29) is 5.82 Å². The van der Waals surface area contributed by atoms with Crippen LogP contribution >= 0.6 is 15.9 Å². The van der Waals surface area contributed by atoms with Crippen molar-refractivity contribution in [3.05, 3.63) is 53.9 Å². The van der Waals surface area contributed by atoms with Gasteiger partial charge in [-0.1, -0.05) is 28.1 Å². The highest BCUT2D eigenvalue weighted by atomic mass is 79.9. The maximum absolute atomic E-state index is 12.7. The lowest BCUT2D eigenvalue weighted by Gasteiger charge is -2.07. The molecule has 0 saturated heterocycles. The zero-order valence-corrected chi connectivity index (χ0v) is 10.2. The van der Waals surface area contributed by atoms with Crippen LogP contribution in [0.3, 0.4) is 0 Å². The van der Waals surface area contributed by atoms with Gasteiger partial charge in [0.25, 0.3) is 0 Å². The highest BCUT2D eigenvalue weighted by molar-refractivity contribution is 9.09. The Kier molecular flexibility index (Phi) is 3.72. The van der Waals surface area contributed by atoms with Gasteiger partial charge in [-0.25, -0.2) is 9.37 Å². The van der Waals surface area contributed by atoms with Gasteiger partial charge in [0.2, 0.25) is 0 Å². The molecule has 4 heteroatoms. The summed E-state index contributed by atoms with van der Waals surface area (Å²) in [7, 11) is 0. The third kappa shape index (κ3) is 3.17. The Morgan fingerprint density at radius 2 is 2.00 bits per heavy atom. The average molecular weight is 283 g/mol. The first-order valence-electron chi connectivity index (χ1n) is 5.11. The second kappa shape index (κ2) is 5.25. The van der Waals surface area contributed by atoms with Crippen molar-refractivity contribution in [1.29, 1.82) is 0 Å². The second-order valence-electron chi connectivity index (χ2n) is 3.67. The van der Waals surface area contributed by atoms with Crippen molar-refractivity contribution in [3.8, 4) is 0 Å². The molecule has 1 N–H and O–H groups in total. The monoisotopic (exact) mass is 282 g/mol. The van der Waals surface area contributed by atoms with Crippen LogP contribution in [0.25, 0.3) is 0 Å². The minimum atomic E-state index is -0.194. The minimum Gasteiger partial charge on any atom is -0.349 e. The van der Waals surface area contributed by atoms with Crippen molar-refractivity contribution >= 4 is 15.9 Å². The molecule has 0 fully saturated rings. The van der Waals surface area contributed by atoms with E-state index in [2.05, 4.69) is 25.9 Å². The van der Waals surface area contributed by atoms with E-state index in [9.17, 15) is 4.39 Å². The van der Waals surface area contributed by atoms with Crippen molar-refractivity contribution in [2.45, 2.75) is 17.7 Å². The first-order valence-corrected chi connectivity index (χ1v) is 6.02. The molecule has 0 amide bonds. The predicted octanol–water partition coefficient (Wildman–Crippen LogP) is 3.10. The Balaban J connectivity index is 1.92. The molecule has 84 valence electrons. The molecule has 2 rings (SSSR count). The Morgan fingerprint density at radius 1 is 1.25 bits per heavy atom. The molecule has 0 aliphatic rings. The van der Waals surface area contributed by atoms with E-state index < -0.39 is 0 Å². The molecule has 0 spiro atoms. The number of hydrogen-bond acceptors (Lipinski definition) is 1. The molecule has 1 unspecified atom stereocenters. The number of nitrogens with one attached hydrogen (secondary N) is 1. The summed E-state index contributed by atoms with van der Waals surface area (Å²) >= 11 is 3.60. The summed E-state index contributed by atoms with van der Waals surface area (Å²) in [5.74, 6) is 0.768. The van der Waals surface area contributed by atoms with Gasteiger partial charge in [-0.3, -0.25) is 0 Å². The Morgan fingerprint density at radius 3 is 2.62 bits per heavy atom. The predicted molar refractivity (Wildman–Crippen MR) is 65.1 cm³/mol. The molecular weight excluding hydrogens is 271 g/mol. The van der Waals surface area contributed by atoms with E-state index in [0.717, 1.165) is 24.2 Å². The van der Waals surface area contributed by atoms with Crippen LogP contribution in [0.1, 0.15) is 11.4 Å². The molecule has 2 nitrogen and oxygen atoms in total. The molecular formula is C12H12BrFN2. The Labute approximate surface area is 102 Å². The van der Waals surface area contributed by atoms with Gasteiger partial charge in [0.15, 0.2) is 0 Å². The van der Waals surface area contributed by atoms with E-state index >= 15 is 0 Å². The van der Waals surface area contributed by atoms with Gasteiger partial charge in [-0.2, -0.15) is 0 Å². The summed E-state index contributed by atoms with van der Waals surface area (Å²) in [5, 5.41) is 0. The van der Waals surface area contributed by atoms with Crippen LogP contribution in [0.2, 0.25) is 0 Å². The molecule has 1 heterocycles.